The minimum atomic E-state index is 0.712. The maximum atomic E-state index is 4.91. The zero-order valence-corrected chi connectivity index (χ0v) is 8.91. The van der Waals surface area contributed by atoms with Gasteiger partial charge in [0.1, 0.15) is 0 Å². The summed E-state index contributed by atoms with van der Waals surface area (Å²) in [5.74, 6) is 1.49. The molecule has 1 aromatic heterocycles. The molecule has 0 spiro atoms. The second-order valence-electron chi connectivity index (χ2n) is 4.00. The van der Waals surface area contributed by atoms with Gasteiger partial charge in [-0.1, -0.05) is 5.16 Å². The van der Waals surface area contributed by atoms with Gasteiger partial charge in [-0.2, -0.15) is 4.98 Å². The Bertz CT molecular complexity index is 256. The Kier molecular flexibility index (Phi) is 4.11. The van der Waals surface area contributed by atoms with Gasteiger partial charge in [-0.3, -0.25) is 0 Å². The van der Waals surface area contributed by atoms with Crippen LogP contribution in [-0.2, 0) is 6.42 Å². The van der Waals surface area contributed by atoms with Crippen LogP contribution in [-0.4, -0.2) is 36.3 Å². The highest BCUT2D eigenvalue weighted by Gasteiger charge is 2.11. The summed E-state index contributed by atoms with van der Waals surface area (Å²) in [6, 6.07) is 0. The lowest BCUT2D eigenvalue weighted by atomic mass is 10.00. The monoisotopic (exact) mass is 210 g/mol. The Balaban J connectivity index is 1.54. The van der Waals surface area contributed by atoms with Gasteiger partial charge in [-0.15, -0.1) is 0 Å². The van der Waals surface area contributed by atoms with Crippen LogP contribution in [0, 0.1) is 5.92 Å². The molecule has 2 rings (SSSR count). The molecule has 0 bridgehead atoms. The Labute approximate surface area is 89.6 Å². The number of piperidine rings is 1. The highest BCUT2D eigenvalue weighted by atomic mass is 16.5. The first-order valence-corrected chi connectivity index (χ1v) is 5.62. The van der Waals surface area contributed by atoms with Crippen molar-refractivity contribution >= 4 is 0 Å². The summed E-state index contributed by atoms with van der Waals surface area (Å²) >= 11 is 0. The van der Waals surface area contributed by atoms with Crippen molar-refractivity contribution in [3.05, 3.63) is 12.2 Å². The van der Waals surface area contributed by atoms with E-state index in [-0.39, 0.29) is 0 Å². The molecule has 84 valence electrons. The third-order valence-corrected chi connectivity index (χ3v) is 2.75. The van der Waals surface area contributed by atoms with Crippen molar-refractivity contribution in [1.29, 1.82) is 0 Å². The number of nitrogens with one attached hydrogen (secondary N) is 2. The van der Waals surface area contributed by atoms with Crippen LogP contribution in [0.3, 0.4) is 0 Å². The van der Waals surface area contributed by atoms with Gasteiger partial charge in [0.25, 0.3) is 0 Å². The topological polar surface area (TPSA) is 63.0 Å². The van der Waals surface area contributed by atoms with Crippen LogP contribution in [0.4, 0.5) is 0 Å². The van der Waals surface area contributed by atoms with E-state index >= 15 is 0 Å². The van der Waals surface area contributed by atoms with Gasteiger partial charge in [-0.25, -0.2) is 0 Å². The molecule has 0 aliphatic carbocycles. The first-order chi connectivity index (χ1) is 7.45. The van der Waals surface area contributed by atoms with Crippen LogP contribution in [0.5, 0.6) is 0 Å². The zero-order valence-electron chi connectivity index (χ0n) is 8.91. The Hall–Kier alpha value is -0.940. The number of hydrogen-bond acceptors (Lipinski definition) is 5. The smallest absolute Gasteiger partial charge is 0.227 e. The van der Waals surface area contributed by atoms with Crippen LogP contribution < -0.4 is 10.6 Å². The maximum absolute atomic E-state index is 4.91. The summed E-state index contributed by atoms with van der Waals surface area (Å²) in [7, 11) is 0. The fourth-order valence-corrected chi connectivity index (χ4v) is 1.91. The predicted octanol–water partition coefficient (Wildman–Crippen LogP) is 0.201. The molecular formula is C10H18N4O. The van der Waals surface area contributed by atoms with E-state index in [9.17, 15) is 0 Å². The van der Waals surface area contributed by atoms with Crippen molar-refractivity contribution in [3.63, 3.8) is 0 Å². The van der Waals surface area contributed by atoms with Gasteiger partial charge in [0, 0.05) is 13.0 Å². The van der Waals surface area contributed by atoms with Gasteiger partial charge in [0.2, 0.25) is 5.89 Å². The molecule has 1 aliphatic heterocycles. The molecule has 15 heavy (non-hydrogen) atoms. The van der Waals surface area contributed by atoms with Gasteiger partial charge < -0.3 is 15.2 Å². The normalized spacial score (nSPS) is 21.7. The molecular weight excluding hydrogens is 192 g/mol. The second-order valence-corrected chi connectivity index (χ2v) is 4.00. The molecule has 0 radical (unpaired) electrons. The van der Waals surface area contributed by atoms with E-state index in [0.717, 1.165) is 32.0 Å². The Morgan fingerprint density at radius 1 is 1.60 bits per heavy atom. The van der Waals surface area contributed by atoms with E-state index in [1.165, 1.54) is 25.7 Å². The Morgan fingerprint density at radius 3 is 3.33 bits per heavy atom. The summed E-state index contributed by atoms with van der Waals surface area (Å²) in [5.41, 5.74) is 0. The van der Waals surface area contributed by atoms with Gasteiger partial charge in [0.15, 0.2) is 6.33 Å². The SMILES string of the molecule is c1noc(CCNCC2CCCNC2)n1. The lowest BCUT2D eigenvalue weighted by molar-refractivity contribution is 0.350. The van der Waals surface area contributed by atoms with E-state index in [4.69, 9.17) is 4.52 Å². The van der Waals surface area contributed by atoms with E-state index in [2.05, 4.69) is 20.8 Å². The molecule has 1 unspecified atom stereocenters. The van der Waals surface area contributed by atoms with Crippen LogP contribution >= 0.6 is 0 Å². The lowest BCUT2D eigenvalue weighted by Gasteiger charge is -2.22. The van der Waals surface area contributed by atoms with E-state index in [1.807, 2.05) is 0 Å². The molecule has 1 saturated heterocycles. The first kappa shape index (κ1) is 10.6. The molecule has 5 heteroatoms. The van der Waals surface area contributed by atoms with Crippen molar-refractivity contribution in [2.45, 2.75) is 19.3 Å². The fraction of sp³-hybridized carbons (Fsp3) is 0.800. The molecule has 2 N–H and O–H groups in total. The lowest BCUT2D eigenvalue weighted by Crippen LogP contribution is -2.36. The van der Waals surface area contributed by atoms with Crippen molar-refractivity contribution in [1.82, 2.24) is 20.8 Å². The average molecular weight is 210 g/mol. The summed E-state index contributed by atoms with van der Waals surface area (Å²) in [4.78, 5) is 3.97. The molecule has 0 amide bonds. The predicted molar refractivity (Wildman–Crippen MR) is 56.5 cm³/mol. The molecule has 1 fully saturated rings. The second kappa shape index (κ2) is 5.82. The van der Waals surface area contributed by atoms with Crippen molar-refractivity contribution in [3.8, 4) is 0 Å². The minimum absolute atomic E-state index is 0.712. The third-order valence-electron chi connectivity index (χ3n) is 2.75. The minimum Gasteiger partial charge on any atom is -0.340 e. The zero-order chi connectivity index (χ0) is 10.3. The molecule has 1 aromatic rings. The van der Waals surface area contributed by atoms with Crippen LogP contribution in [0.15, 0.2) is 10.9 Å². The van der Waals surface area contributed by atoms with Crippen molar-refractivity contribution in [2.75, 3.05) is 26.2 Å². The molecule has 2 heterocycles. The van der Waals surface area contributed by atoms with Gasteiger partial charge in [0.05, 0.1) is 0 Å². The highest BCUT2D eigenvalue weighted by molar-refractivity contribution is 4.76. The number of aromatic nitrogens is 2. The number of rotatable bonds is 5. The number of nitrogens with zero attached hydrogens (tertiary/aromatic N) is 2. The van der Waals surface area contributed by atoms with Crippen molar-refractivity contribution < 1.29 is 4.52 Å². The molecule has 1 atom stereocenters. The van der Waals surface area contributed by atoms with E-state index in [1.54, 1.807) is 0 Å². The van der Waals surface area contributed by atoms with Crippen molar-refractivity contribution in [2.24, 2.45) is 5.92 Å². The summed E-state index contributed by atoms with van der Waals surface area (Å²) < 4.78 is 4.91. The standard InChI is InChI=1S/C10H18N4O/c1-2-9(6-11-4-1)7-12-5-3-10-13-8-14-15-10/h8-9,11-12H,1-7H2. The van der Waals surface area contributed by atoms with Crippen LogP contribution in [0.2, 0.25) is 0 Å². The maximum Gasteiger partial charge on any atom is 0.227 e. The van der Waals surface area contributed by atoms with Crippen LogP contribution in [0.25, 0.3) is 0 Å². The van der Waals surface area contributed by atoms with Gasteiger partial charge >= 0.3 is 0 Å². The molecule has 0 aromatic carbocycles. The third kappa shape index (κ3) is 3.60. The largest absolute Gasteiger partial charge is 0.340 e. The molecule has 5 nitrogen and oxygen atoms in total. The number of hydrogen-bond donors (Lipinski definition) is 2. The Morgan fingerprint density at radius 2 is 2.60 bits per heavy atom. The van der Waals surface area contributed by atoms with Gasteiger partial charge in [-0.05, 0) is 38.4 Å². The first-order valence-electron chi connectivity index (χ1n) is 5.62. The van der Waals surface area contributed by atoms with E-state index < -0.39 is 0 Å². The van der Waals surface area contributed by atoms with Crippen LogP contribution in [0.1, 0.15) is 18.7 Å². The summed E-state index contributed by atoms with van der Waals surface area (Å²) in [5, 5.41) is 10.4. The summed E-state index contributed by atoms with van der Waals surface area (Å²) in [6.45, 7) is 4.33. The fourth-order valence-electron chi connectivity index (χ4n) is 1.91. The quantitative estimate of drug-likeness (QED) is 0.680. The molecule has 0 saturated carbocycles. The highest BCUT2D eigenvalue weighted by Crippen LogP contribution is 2.07. The molecule has 1 aliphatic rings. The average Bonchev–Trinajstić information content (AvgIpc) is 2.79. The van der Waals surface area contributed by atoms with E-state index in [0.29, 0.717) is 5.89 Å². The summed E-state index contributed by atoms with van der Waals surface area (Å²) in [6.07, 6.45) is 4.90.